The Kier molecular flexibility index (Phi) is 3.33. The Morgan fingerprint density at radius 3 is 2.83 bits per heavy atom. The maximum Gasteiger partial charge on any atom is 0.336 e. The largest absolute Gasteiger partial charge is 0.488 e. The molecule has 1 heterocycles. The molecule has 0 unspecified atom stereocenters. The first-order valence-electron chi connectivity index (χ1n) is 5.63. The van der Waals surface area contributed by atoms with Gasteiger partial charge in [-0.1, -0.05) is 30.9 Å². The molecule has 0 fully saturated rings. The van der Waals surface area contributed by atoms with Crippen LogP contribution in [0.1, 0.15) is 12.5 Å². The number of para-hydroxylation sites is 1. The van der Waals surface area contributed by atoms with Gasteiger partial charge < -0.3 is 9.84 Å². The summed E-state index contributed by atoms with van der Waals surface area (Å²) >= 11 is 0. The molecule has 18 heavy (non-hydrogen) atoms. The molecule has 0 atom stereocenters. The highest BCUT2D eigenvalue weighted by atomic mass is 16.5. The lowest BCUT2D eigenvalue weighted by Crippen LogP contribution is -2.15. The fraction of sp³-hybridized carbons (Fsp3) is 0.133. The van der Waals surface area contributed by atoms with Crippen LogP contribution in [0, 0.1) is 0 Å². The third kappa shape index (κ3) is 2.20. The van der Waals surface area contributed by atoms with E-state index in [4.69, 9.17) is 4.74 Å². The molecule has 0 aliphatic carbocycles. The van der Waals surface area contributed by atoms with Gasteiger partial charge in [-0.2, -0.15) is 0 Å². The van der Waals surface area contributed by atoms with Gasteiger partial charge in [0.05, 0.1) is 5.57 Å². The normalized spacial score (nSPS) is 14.8. The molecular formula is C15H14O3. The van der Waals surface area contributed by atoms with Crippen LogP contribution < -0.4 is 4.74 Å². The first-order valence-corrected chi connectivity index (χ1v) is 5.63. The molecule has 0 saturated heterocycles. The van der Waals surface area contributed by atoms with Crippen molar-refractivity contribution in [2.24, 2.45) is 0 Å². The van der Waals surface area contributed by atoms with Crippen LogP contribution in [0.3, 0.4) is 0 Å². The number of hydrogen-bond acceptors (Lipinski definition) is 2. The van der Waals surface area contributed by atoms with Crippen molar-refractivity contribution >= 4 is 12.0 Å². The molecule has 1 aliphatic heterocycles. The van der Waals surface area contributed by atoms with Crippen molar-refractivity contribution in [3.8, 4) is 5.75 Å². The van der Waals surface area contributed by atoms with E-state index < -0.39 is 5.97 Å². The Bertz CT molecular complexity index is 565. The first-order chi connectivity index (χ1) is 8.63. The fourth-order valence-electron chi connectivity index (χ4n) is 1.92. The number of ether oxygens (including phenoxy) is 1. The number of allylic oxidation sites excluding steroid dienone is 2. The Labute approximate surface area is 106 Å². The van der Waals surface area contributed by atoms with Gasteiger partial charge in [0.15, 0.2) is 0 Å². The summed E-state index contributed by atoms with van der Waals surface area (Å²) in [5, 5.41) is 9.27. The summed E-state index contributed by atoms with van der Waals surface area (Å²) in [4.78, 5) is 11.3. The summed E-state index contributed by atoms with van der Waals surface area (Å²) in [6.45, 7) is 5.62. The van der Waals surface area contributed by atoms with Crippen molar-refractivity contribution < 1.29 is 14.6 Å². The second-order valence-electron chi connectivity index (χ2n) is 4.06. The number of carboxylic acid groups (broad SMARTS) is 1. The van der Waals surface area contributed by atoms with Crippen molar-refractivity contribution in [3.63, 3.8) is 0 Å². The Morgan fingerprint density at radius 2 is 2.17 bits per heavy atom. The molecule has 3 heteroatoms. The van der Waals surface area contributed by atoms with E-state index in [0.717, 1.165) is 11.3 Å². The van der Waals surface area contributed by atoms with Crippen molar-refractivity contribution in [1.29, 1.82) is 0 Å². The molecular weight excluding hydrogens is 228 g/mol. The predicted molar refractivity (Wildman–Crippen MR) is 70.4 cm³/mol. The number of hydrogen-bond donors (Lipinski definition) is 1. The molecule has 2 rings (SSSR count). The second kappa shape index (κ2) is 4.92. The highest BCUT2D eigenvalue weighted by molar-refractivity contribution is 5.95. The highest BCUT2D eigenvalue weighted by Crippen LogP contribution is 2.29. The van der Waals surface area contributed by atoms with Crippen LogP contribution in [-0.4, -0.2) is 17.7 Å². The SMILES string of the molecule is C=C/C(C)=C(/C(=O)O)C1=Cc2ccccc2OC1. The summed E-state index contributed by atoms with van der Waals surface area (Å²) < 4.78 is 5.56. The van der Waals surface area contributed by atoms with E-state index in [-0.39, 0.29) is 12.2 Å². The monoisotopic (exact) mass is 242 g/mol. The van der Waals surface area contributed by atoms with Crippen LogP contribution in [0.15, 0.2) is 53.6 Å². The van der Waals surface area contributed by atoms with Crippen LogP contribution in [0.5, 0.6) is 5.75 Å². The Morgan fingerprint density at radius 1 is 1.44 bits per heavy atom. The van der Waals surface area contributed by atoms with Gasteiger partial charge in [0.25, 0.3) is 0 Å². The summed E-state index contributed by atoms with van der Waals surface area (Å²) in [5.41, 5.74) is 2.46. The van der Waals surface area contributed by atoms with Gasteiger partial charge in [-0.25, -0.2) is 4.79 Å². The second-order valence-corrected chi connectivity index (χ2v) is 4.06. The van der Waals surface area contributed by atoms with E-state index in [9.17, 15) is 9.90 Å². The lowest BCUT2D eigenvalue weighted by molar-refractivity contribution is -0.132. The molecule has 1 aliphatic rings. The van der Waals surface area contributed by atoms with Crippen LogP contribution in [0.2, 0.25) is 0 Å². The molecule has 1 N–H and O–H groups in total. The average Bonchev–Trinajstić information content (AvgIpc) is 2.38. The summed E-state index contributed by atoms with van der Waals surface area (Å²) in [7, 11) is 0. The Balaban J connectivity index is 2.50. The van der Waals surface area contributed by atoms with Crippen molar-refractivity contribution in [3.05, 3.63) is 59.2 Å². The maximum atomic E-state index is 11.3. The van der Waals surface area contributed by atoms with Gasteiger partial charge in [0.2, 0.25) is 0 Å². The quantitative estimate of drug-likeness (QED) is 0.654. The van der Waals surface area contributed by atoms with Crippen LogP contribution in [-0.2, 0) is 4.79 Å². The van der Waals surface area contributed by atoms with Crippen LogP contribution >= 0.6 is 0 Å². The van der Waals surface area contributed by atoms with Gasteiger partial charge in [0, 0.05) is 11.1 Å². The molecule has 0 radical (unpaired) electrons. The van der Waals surface area contributed by atoms with Gasteiger partial charge in [0.1, 0.15) is 12.4 Å². The zero-order valence-electron chi connectivity index (χ0n) is 10.1. The van der Waals surface area contributed by atoms with Gasteiger partial charge >= 0.3 is 5.97 Å². The van der Waals surface area contributed by atoms with Crippen LogP contribution in [0.25, 0.3) is 6.08 Å². The van der Waals surface area contributed by atoms with E-state index in [2.05, 4.69) is 6.58 Å². The summed E-state index contributed by atoms with van der Waals surface area (Å²) in [6, 6.07) is 7.55. The molecule has 0 aromatic heterocycles. The molecule has 1 aromatic carbocycles. The fourth-order valence-corrected chi connectivity index (χ4v) is 1.92. The number of rotatable bonds is 3. The van der Waals surface area contributed by atoms with Crippen molar-refractivity contribution in [2.75, 3.05) is 6.61 Å². The molecule has 0 amide bonds. The third-order valence-electron chi connectivity index (χ3n) is 2.87. The zero-order chi connectivity index (χ0) is 13.1. The summed E-state index contributed by atoms with van der Waals surface area (Å²) in [6.07, 6.45) is 3.40. The Hall–Kier alpha value is -2.29. The number of benzene rings is 1. The number of fused-ring (bicyclic) bond motifs is 1. The van der Waals surface area contributed by atoms with E-state index in [1.807, 2.05) is 30.3 Å². The number of aliphatic carboxylic acids is 1. The van der Waals surface area contributed by atoms with E-state index in [1.54, 1.807) is 13.0 Å². The van der Waals surface area contributed by atoms with Gasteiger partial charge in [-0.15, -0.1) is 0 Å². The smallest absolute Gasteiger partial charge is 0.336 e. The number of carboxylic acids is 1. The molecule has 92 valence electrons. The zero-order valence-corrected chi connectivity index (χ0v) is 10.1. The standard InChI is InChI=1S/C15H14O3/c1-3-10(2)14(15(16)17)12-8-11-6-4-5-7-13(11)18-9-12/h3-8H,1,9H2,2H3,(H,16,17)/b14-10+. The minimum Gasteiger partial charge on any atom is -0.488 e. The van der Waals surface area contributed by atoms with Crippen LogP contribution in [0.4, 0.5) is 0 Å². The van der Waals surface area contributed by atoms with Gasteiger partial charge in [-0.05, 0) is 24.6 Å². The highest BCUT2D eigenvalue weighted by Gasteiger charge is 2.20. The molecule has 3 nitrogen and oxygen atoms in total. The molecule has 0 saturated carbocycles. The first kappa shape index (κ1) is 12.2. The van der Waals surface area contributed by atoms with E-state index in [0.29, 0.717) is 11.1 Å². The molecule has 0 spiro atoms. The summed E-state index contributed by atoms with van der Waals surface area (Å²) in [5.74, 6) is -0.177. The lowest BCUT2D eigenvalue weighted by atomic mass is 9.97. The molecule has 0 bridgehead atoms. The predicted octanol–water partition coefficient (Wildman–Crippen LogP) is 3.05. The van der Waals surface area contributed by atoms with Crippen molar-refractivity contribution in [1.82, 2.24) is 0 Å². The topological polar surface area (TPSA) is 46.5 Å². The number of carbonyl (C=O) groups is 1. The lowest BCUT2D eigenvalue weighted by Gasteiger charge is -2.19. The van der Waals surface area contributed by atoms with Crippen molar-refractivity contribution in [2.45, 2.75) is 6.92 Å². The van der Waals surface area contributed by atoms with E-state index in [1.165, 1.54) is 0 Å². The van der Waals surface area contributed by atoms with E-state index >= 15 is 0 Å². The average molecular weight is 242 g/mol. The minimum atomic E-state index is -0.957. The molecule has 1 aromatic rings. The van der Waals surface area contributed by atoms with Gasteiger partial charge in [-0.3, -0.25) is 0 Å². The third-order valence-corrected chi connectivity index (χ3v) is 2.87. The maximum absolute atomic E-state index is 11.3. The minimum absolute atomic E-state index is 0.263.